The largest absolute Gasteiger partial charge is 0.419 e. The molecule has 14 heavy (non-hydrogen) atoms. The van der Waals surface area contributed by atoms with Gasteiger partial charge in [0.25, 0.3) is 0 Å². The van der Waals surface area contributed by atoms with Gasteiger partial charge in [0, 0.05) is 12.1 Å². The van der Waals surface area contributed by atoms with Crippen LogP contribution >= 0.6 is 12.4 Å². The topological polar surface area (TPSA) is 26.0 Å². The van der Waals surface area contributed by atoms with Gasteiger partial charge in [-0.05, 0) is 6.07 Å². The van der Waals surface area contributed by atoms with Gasteiger partial charge in [0.15, 0.2) is 0 Å². The van der Waals surface area contributed by atoms with E-state index in [4.69, 9.17) is 5.73 Å². The van der Waals surface area contributed by atoms with Crippen molar-refractivity contribution in [1.29, 1.82) is 0 Å². The van der Waals surface area contributed by atoms with E-state index in [0.29, 0.717) is 6.07 Å². The third-order valence-electron chi connectivity index (χ3n) is 1.60. The Labute approximate surface area is 84.3 Å². The minimum Gasteiger partial charge on any atom is -0.326 e. The Morgan fingerprint density at radius 2 is 1.79 bits per heavy atom. The molecule has 0 atom stereocenters. The van der Waals surface area contributed by atoms with E-state index >= 15 is 0 Å². The maximum Gasteiger partial charge on any atom is 0.419 e. The molecule has 2 N–H and O–H groups in total. The number of rotatable bonds is 1. The van der Waals surface area contributed by atoms with E-state index in [2.05, 4.69) is 0 Å². The van der Waals surface area contributed by atoms with E-state index in [1.807, 2.05) is 0 Å². The lowest BCUT2D eigenvalue weighted by molar-refractivity contribution is -0.140. The third-order valence-corrected chi connectivity index (χ3v) is 1.60. The molecule has 0 aliphatic rings. The number of halogens is 5. The molecule has 0 aliphatic heterocycles. The molecule has 0 radical (unpaired) electrons. The highest BCUT2D eigenvalue weighted by Gasteiger charge is 2.34. The zero-order chi connectivity index (χ0) is 10.1. The molecule has 0 saturated heterocycles. The van der Waals surface area contributed by atoms with Crippen LogP contribution in [0.1, 0.15) is 11.1 Å². The van der Waals surface area contributed by atoms with E-state index in [1.54, 1.807) is 0 Å². The SMILES string of the molecule is Cl.NCc1cccc(C(F)(F)F)c1F. The minimum atomic E-state index is -4.66. The molecule has 0 spiro atoms. The van der Waals surface area contributed by atoms with E-state index in [0.717, 1.165) is 6.07 Å². The molecule has 0 amide bonds. The Balaban J connectivity index is 0.00000169. The van der Waals surface area contributed by atoms with Gasteiger partial charge in [-0.25, -0.2) is 4.39 Å². The van der Waals surface area contributed by atoms with Crippen molar-refractivity contribution >= 4 is 12.4 Å². The first-order valence-electron chi connectivity index (χ1n) is 3.51. The van der Waals surface area contributed by atoms with Crippen molar-refractivity contribution in [1.82, 2.24) is 0 Å². The van der Waals surface area contributed by atoms with E-state index in [1.165, 1.54) is 6.07 Å². The molecule has 1 aromatic rings. The number of benzene rings is 1. The highest BCUT2D eigenvalue weighted by atomic mass is 35.5. The molecule has 1 rings (SSSR count). The highest BCUT2D eigenvalue weighted by molar-refractivity contribution is 5.85. The minimum absolute atomic E-state index is 0. The van der Waals surface area contributed by atoms with Crippen LogP contribution < -0.4 is 5.73 Å². The standard InChI is InChI=1S/C8H7F4N.ClH/c9-7-5(4-13)2-1-3-6(7)8(10,11)12;/h1-3H,4,13H2;1H. The van der Waals surface area contributed by atoms with E-state index < -0.39 is 17.6 Å². The van der Waals surface area contributed by atoms with Gasteiger partial charge in [0.1, 0.15) is 5.82 Å². The lowest BCUT2D eigenvalue weighted by Gasteiger charge is -2.09. The van der Waals surface area contributed by atoms with Crippen LogP contribution in [0.4, 0.5) is 17.6 Å². The predicted octanol–water partition coefficient (Wildman–Crippen LogP) is 2.73. The van der Waals surface area contributed by atoms with Gasteiger partial charge in [-0.15, -0.1) is 12.4 Å². The quantitative estimate of drug-likeness (QED) is 0.737. The van der Waals surface area contributed by atoms with Crippen LogP contribution in [0.15, 0.2) is 18.2 Å². The summed E-state index contributed by atoms with van der Waals surface area (Å²) in [6, 6.07) is 3.05. The Kier molecular flexibility index (Phi) is 4.35. The summed E-state index contributed by atoms with van der Waals surface area (Å²) >= 11 is 0. The van der Waals surface area contributed by atoms with Crippen molar-refractivity contribution in [3.63, 3.8) is 0 Å². The first kappa shape index (κ1) is 13.2. The average molecular weight is 230 g/mol. The fraction of sp³-hybridized carbons (Fsp3) is 0.250. The van der Waals surface area contributed by atoms with Crippen LogP contribution in [-0.2, 0) is 12.7 Å². The van der Waals surface area contributed by atoms with Gasteiger partial charge in [-0.2, -0.15) is 13.2 Å². The molecule has 0 unspecified atom stereocenters. The number of hydrogen-bond acceptors (Lipinski definition) is 1. The van der Waals surface area contributed by atoms with Crippen LogP contribution in [0.25, 0.3) is 0 Å². The molecule has 6 heteroatoms. The Bertz CT molecular complexity index is 311. The van der Waals surface area contributed by atoms with Crippen molar-refractivity contribution in [2.24, 2.45) is 5.73 Å². The van der Waals surface area contributed by atoms with Gasteiger partial charge < -0.3 is 5.73 Å². The van der Waals surface area contributed by atoms with Crippen molar-refractivity contribution in [3.8, 4) is 0 Å². The van der Waals surface area contributed by atoms with Crippen molar-refractivity contribution in [2.45, 2.75) is 12.7 Å². The smallest absolute Gasteiger partial charge is 0.326 e. The van der Waals surface area contributed by atoms with Crippen LogP contribution in [0.3, 0.4) is 0 Å². The summed E-state index contributed by atoms with van der Waals surface area (Å²) in [5.41, 5.74) is 3.66. The second-order valence-electron chi connectivity index (χ2n) is 2.48. The second kappa shape index (κ2) is 4.61. The fourth-order valence-electron chi connectivity index (χ4n) is 0.956. The Morgan fingerprint density at radius 1 is 1.21 bits per heavy atom. The summed E-state index contributed by atoms with van der Waals surface area (Å²) in [5.74, 6) is -1.28. The molecule has 0 aliphatic carbocycles. The highest BCUT2D eigenvalue weighted by Crippen LogP contribution is 2.32. The summed E-state index contributed by atoms with van der Waals surface area (Å²) in [4.78, 5) is 0. The molecule has 0 heterocycles. The second-order valence-corrected chi connectivity index (χ2v) is 2.48. The first-order valence-corrected chi connectivity index (χ1v) is 3.51. The number of hydrogen-bond donors (Lipinski definition) is 1. The molecule has 0 fully saturated rings. The van der Waals surface area contributed by atoms with Crippen LogP contribution in [0.2, 0.25) is 0 Å². The summed E-state index contributed by atoms with van der Waals surface area (Å²) in [6.45, 7) is -0.240. The van der Waals surface area contributed by atoms with Crippen LogP contribution in [0, 0.1) is 5.82 Å². The van der Waals surface area contributed by atoms with E-state index in [9.17, 15) is 17.6 Å². The monoisotopic (exact) mass is 229 g/mol. The average Bonchev–Trinajstić information content (AvgIpc) is 2.02. The molecule has 1 aromatic carbocycles. The normalized spacial score (nSPS) is 10.9. The van der Waals surface area contributed by atoms with E-state index in [-0.39, 0.29) is 24.5 Å². The third kappa shape index (κ3) is 2.59. The molecule has 0 bridgehead atoms. The molecule has 80 valence electrons. The lowest BCUT2D eigenvalue weighted by Crippen LogP contribution is -2.11. The maximum atomic E-state index is 13.0. The predicted molar refractivity (Wildman–Crippen MR) is 46.5 cm³/mol. The van der Waals surface area contributed by atoms with Crippen molar-refractivity contribution < 1.29 is 17.6 Å². The Hall–Kier alpha value is -0.810. The zero-order valence-corrected chi connectivity index (χ0v) is 7.75. The van der Waals surface area contributed by atoms with Gasteiger partial charge in [0.2, 0.25) is 0 Å². The molecule has 1 nitrogen and oxygen atoms in total. The summed E-state index contributed by atoms with van der Waals surface area (Å²) < 4.78 is 49.2. The van der Waals surface area contributed by atoms with Gasteiger partial charge in [-0.3, -0.25) is 0 Å². The molecule has 0 saturated carbocycles. The fourth-order valence-corrected chi connectivity index (χ4v) is 0.956. The van der Waals surface area contributed by atoms with Crippen LogP contribution in [0.5, 0.6) is 0 Å². The molecule has 0 aromatic heterocycles. The van der Waals surface area contributed by atoms with Crippen LogP contribution in [-0.4, -0.2) is 0 Å². The molecular formula is C8H8ClF4N. The van der Waals surface area contributed by atoms with Crippen molar-refractivity contribution in [2.75, 3.05) is 0 Å². The Morgan fingerprint density at radius 3 is 2.21 bits per heavy atom. The van der Waals surface area contributed by atoms with Gasteiger partial charge >= 0.3 is 6.18 Å². The lowest BCUT2D eigenvalue weighted by atomic mass is 10.1. The number of nitrogens with two attached hydrogens (primary N) is 1. The number of alkyl halides is 3. The van der Waals surface area contributed by atoms with Crippen molar-refractivity contribution in [3.05, 3.63) is 35.1 Å². The van der Waals surface area contributed by atoms with Gasteiger partial charge in [-0.1, -0.05) is 12.1 Å². The summed E-state index contributed by atoms with van der Waals surface area (Å²) in [5, 5.41) is 0. The summed E-state index contributed by atoms with van der Waals surface area (Å²) in [6.07, 6.45) is -4.66. The summed E-state index contributed by atoms with van der Waals surface area (Å²) in [7, 11) is 0. The molecular weight excluding hydrogens is 222 g/mol. The zero-order valence-electron chi connectivity index (χ0n) is 6.94. The first-order chi connectivity index (χ1) is 5.96. The maximum absolute atomic E-state index is 13.0. The van der Waals surface area contributed by atoms with Gasteiger partial charge in [0.05, 0.1) is 5.56 Å².